The van der Waals surface area contributed by atoms with Crippen LogP contribution in [0.25, 0.3) is 33.3 Å². The number of benzene rings is 2. The summed E-state index contributed by atoms with van der Waals surface area (Å²) in [6.45, 7) is 0. The largest absolute Gasteiger partial charge is 0.494 e. The lowest BCUT2D eigenvalue weighted by Gasteiger charge is -2.11. The van der Waals surface area contributed by atoms with Crippen LogP contribution in [0.1, 0.15) is 11.1 Å². The van der Waals surface area contributed by atoms with Gasteiger partial charge < -0.3 is 10.2 Å². The first-order valence-electron chi connectivity index (χ1n) is 10.7. The lowest BCUT2D eigenvalue weighted by Crippen LogP contribution is -2.00. The predicted molar refractivity (Wildman–Crippen MR) is 129 cm³/mol. The fourth-order valence-corrected chi connectivity index (χ4v) is 4.04. The van der Waals surface area contributed by atoms with E-state index in [1.807, 2.05) is 30.3 Å². The minimum absolute atomic E-state index is 0.0256. The maximum absolute atomic E-state index is 15.1. The van der Waals surface area contributed by atoms with Gasteiger partial charge in [0.1, 0.15) is 17.7 Å². The molecule has 0 atom stereocenters. The molecule has 6 rings (SSSR count). The van der Waals surface area contributed by atoms with Crippen molar-refractivity contribution in [1.82, 2.24) is 24.1 Å². The summed E-state index contributed by atoms with van der Waals surface area (Å²) >= 11 is 0. The van der Waals surface area contributed by atoms with Crippen molar-refractivity contribution in [3.8, 4) is 35.0 Å². The average molecular weight is 461 g/mol. The van der Waals surface area contributed by atoms with E-state index >= 15 is 4.39 Å². The first-order valence-corrected chi connectivity index (χ1v) is 10.7. The summed E-state index contributed by atoms with van der Waals surface area (Å²) in [6, 6.07) is 16.5. The van der Waals surface area contributed by atoms with Gasteiger partial charge in [-0.2, -0.15) is 0 Å². The van der Waals surface area contributed by atoms with Crippen LogP contribution in [0, 0.1) is 17.7 Å². The molecule has 0 aliphatic rings. The SMILES string of the molecule is Oc1ccc(O)n1-c1ccc(-n2cnc3cnc4ccc(C#Cc5cccnc5)cc4c32)cc1F. The lowest BCUT2D eigenvalue weighted by molar-refractivity contribution is 0.399. The third-order valence-corrected chi connectivity index (χ3v) is 5.68. The highest BCUT2D eigenvalue weighted by atomic mass is 19.1. The predicted octanol–water partition coefficient (Wildman–Crippen LogP) is 4.71. The van der Waals surface area contributed by atoms with Crippen molar-refractivity contribution in [3.63, 3.8) is 0 Å². The molecule has 0 amide bonds. The van der Waals surface area contributed by atoms with Crippen LogP contribution in [0.15, 0.2) is 85.6 Å². The van der Waals surface area contributed by atoms with Crippen LogP contribution >= 0.6 is 0 Å². The van der Waals surface area contributed by atoms with E-state index in [9.17, 15) is 10.2 Å². The maximum Gasteiger partial charge on any atom is 0.198 e. The highest BCUT2D eigenvalue weighted by Crippen LogP contribution is 2.31. The van der Waals surface area contributed by atoms with E-state index < -0.39 is 5.82 Å². The Labute approximate surface area is 198 Å². The molecule has 2 N–H and O–H groups in total. The van der Waals surface area contributed by atoms with Gasteiger partial charge in [-0.1, -0.05) is 11.8 Å². The van der Waals surface area contributed by atoms with Gasteiger partial charge in [-0.3, -0.25) is 14.5 Å². The molecule has 0 unspecified atom stereocenters. The average Bonchev–Trinajstić information content (AvgIpc) is 3.46. The summed E-state index contributed by atoms with van der Waals surface area (Å²) in [5.74, 6) is 5.11. The molecule has 0 spiro atoms. The number of hydrogen-bond acceptors (Lipinski definition) is 5. The second kappa shape index (κ2) is 8.01. The van der Waals surface area contributed by atoms with Crippen LogP contribution < -0.4 is 0 Å². The topological polar surface area (TPSA) is 89.0 Å². The number of fused-ring (bicyclic) bond motifs is 3. The Bertz CT molecular complexity index is 1780. The van der Waals surface area contributed by atoms with E-state index in [0.29, 0.717) is 11.2 Å². The number of hydrogen-bond donors (Lipinski definition) is 2. The smallest absolute Gasteiger partial charge is 0.198 e. The zero-order valence-electron chi connectivity index (χ0n) is 18.1. The van der Waals surface area contributed by atoms with Gasteiger partial charge in [-0.15, -0.1) is 0 Å². The Morgan fingerprint density at radius 2 is 1.63 bits per heavy atom. The van der Waals surface area contributed by atoms with Gasteiger partial charge >= 0.3 is 0 Å². The number of rotatable bonds is 2. The summed E-state index contributed by atoms with van der Waals surface area (Å²) in [5, 5.41) is 20.8. The number of aromatic nitrogens is 5. The van der Waals surface area contributed by atoms with Crippen LogP contribution in [0.2, 0.25) is 0 Å². The number of aromatic hydroxyl groups is 2. The van der Waals surface area contributed by atoms with Crippen LogP contribution in [-0.2, 0) is 0 Å². The van der Waals surface area contributed by atoms with E-state index in [1.54, 1.807) is 35.6 Å². The Morgan fingerprint density at radius 3 is 2.40 bits per heavy atom. The Morgan fingerprint density at radius 1 is 0.800 bits per heavy atom. The maximum atomic E-state index is 15.1. The molecule has 2 aromatic carbocycles. The van der Waals surface area contributed by atoms with Gasteiger partial charge in [0, 0.05) is 47.1 Å². The second-order valence-corrected chi connectivity index (χ2v) is 7.85. The van der Waals surface area contributed by atoms with Gasteiger partial charge in [0.15, 0.2) is 11.8 Å². The Hall–Kier alpha value is -5.16. The van der Waals surface area contributed by atoms with Crippen LogP contribution in [0.4, 0.5) is 4.39 Å². The van der Waals surface area contributed by atoms with Crippen molar-refractivity contribution < 1.29 is 14.6 Å². The van der Waals surface area contributed by atoms with Gasteiger partial charge in [-0.25, -0.2) is 13.9 Å². The van der Waals surface area contributed by atoms with Crippen molar-refractivity contribution in [1.29, 1.82) is 0 Å². The van der Waals surface area contributed by atoms with E-state index in [0.717, 1.165) is 32.1 Å². The first-order chi connectivity index (χ1) is 17.1. The molecule has 0 radical (unpaired) electrons. The van der Waals surface area contributed by atoms with E-state index in [4.69, 9.17) is 0 Å². The molecule has 4 heterocycles. The van der Waals surface area contributed by atoms with Gasteiger partial charge in [0.25, 0.3) is 0 Å². The number of halogens is 1. The molecule has 4 aromatic heterocycles. The van der Waals surface area contributed by atoms with Gasteiger partial charge in [-0.05, 0) is 42.5 Å². The molecule has 0 saturated carbocycles. The summed E-state index contributed by atoms with van der Waals surface area (Å²) in [6.07, 6.45) is 6.69. The molecule has 8 heteroatoms. The molecule has 0 bridgehead atoms. The molecule has 0 saturated heterocycles. The third-order valence-electron chi connectivity index (χ3n) is 5.68. The molecular formula is C27H16FN5O2. The quantitative estimate of drug-likeness (QED) is 0.365. The van der Waals surface area contributed by atoms with Crippen molar-refractivity contribution >= 4 is 21.9 Å². The summed E-state index contributed by atoms with van der Waals surface area (Å²) in [5.41, 5.74) is 4.33. The number of imidazole rings is 1. The molecule has 0 fully saturated rings. The van der Waals surface area contributed by atoms with Crippen molar-refractivity contribution in [3.05, 3.63) is 103 Å². The first kappa shape index (κ1) is 20.4. The van der Waals surface area contributed by atoms with Crippen molar-refractivity contribution in [2.75, 3.05) is 0 Å². The van der Waals surface area contributed by atoms with E-state index in [2.05, 4.69) is 26.8 Å². The molecule has 0 aliphatic carbocycles. The van der Waals surface area contributed by atoms with Gasteiger partial charge in [0.2, 0.25) is 0 Å². The minimum atomic E-state index is -0.618. The van der Waals surface area contributed by atoms with E-state index in [-0.39, 0.29) is 17.4 Å². The summed E-state index contributed by atoms with van der Waals surface area (Å²) in [4.78, 5) is 13.0. The molecule has 168 valence electrons. The van der Waals surface area contributed by atoms with Crippen molar-refractivity contribution in [2.45, 2.75) is 0 Å². The highest BCUT2D eigenvalue weighted by Gasteiger charge is 2.16. The zero-order chi connectivity index (χ0) is 23.9. The summed E-state index contributed by atoms with van der Waals surface area (Å²) in [7, 11) is 0. The van der Waals surface area contributed by atoms with Gasteiger partial charge in [0.05, 0.1) is 28.6 Å². The normalized spacial score (nSPS) is 11.0. The Balaban J connectivity index is 1.48. The lowest BCUT2D eigenvalue weighted by atomic mass is 10.1. The van der Waals surface area contributed by atoms with Crippen molar-refractivity contribution in [2.24, 2.45) is 0 Å². The fourth-order valence-electron chi connectivity index (χ4n) is 4.04. The minimum Gasteiger partial charge on any atom is -0.494 e. The molecule has 7 nitrogen and oxygen atoms in total. The number of pyridine rings is 2. The van der Waals surface area contributed by atoms with Crippen LogP contribution in [-0.4, -0.2) is 34.3 Å². The summed E-state index contributed by atoms with van der Waals surface area (Å²) < 4.78 is 17.9. The van der Waals surface area contributed by atoms with E-state index in [1.165, 1.54) is 24.3 Å². The fraction of sp³-hybridized carbons (Fsp3) is 0. The molecule has 6 aromatic rings. The second-order valence-electron chi connectivity index (χ2n) is 7.85. The standard InChI is InChI=1S/C27H16FN5O2/c28-21-13-19(6-8-24(21)33-25(34)9-10-26(33)35)32-16-31-23-15-30-22-7-5-17(12-20(22)27(23)32)3-4-18-2-1-11-29-14-18/h1-2,5-16,34-35H. The molecule has 0 aliphatic heterocycles. The monoisotopic (exact) mass is 461 g/mol. The Kier molecular flexibility index (Phi) is 4.68. The van der Waals surface area contributed by atoms with Crippen LogP contribution in [0.5, 0.6) is 11.8 Å². The van der Waals surface area contributed by atoms with Crippen LogP contribution in [0.3, 0.4) is 0 Å². The highest BCUT2D eigenvalue weighted by molar-refractivity contribution is 6.03. The third kappa shape index (κ3) is 3.52. The molecular weight excluding hydrogens is 445 g/mol. The zero-order valence-corrected chi connectivity index (χ0v) is 18.1. The molecule has 35 heavy (non-hydrogen) atoms. The number of nitrogens with zero attached hydrogens (tertiary/aromatic N) is 5.